The molecule has 0 aromatic carbocycles. The molecule has 3 N–H and O–H groups in total. The van der Waals surface area contributed by atoms with Crippen molar-refractivity contribution in [3.8, 4) is 0 Å². The summed E-state index contributed by atoms with van der Waals surface area (Å²) in [5.74, 6) is -1.31. The first-order chi connectivity index (χ1) is 12.5. The van der Waals surface area contributed by atoms with Crippen LogP contribution in [0.4, 0.5) is 5.69 Å². The normalized spacial score (nSPS) is 16.0. The Balaban J connectivity index is 1.84. The molecule has 1 aliphatic heterocycles. The molecule has 0 aliphatic carbocycles. The topological polar surface area (TPSA) is 110 Å². The first-order valence-corrected chi connectivity index (χ1v) is 8.84. The van der Waals surface area contributed by atoms with Gasteiger partial charge >= 0.3 is 11.9 Å². The number of carbonyl (C=O) groups excluding carboxylic acids is 1. The van der Waals surface area contributed by atoms with E-state index in [9.17, 15) is 9.59 Å². The molecule has 0 spiro atoms. The number of piperidine rings is 1. The van der Waals surface area contributed by atoms with E-state index < -0.39 is 5.97 Å². The second-order valence-corrected chi connectivity index (χ2v) is 6.57. The molecule has 0 unspecified atom stereocenters. The number of carbonyl (C=O) groups is 2. The predicted octanol–water partition coefficient (Wildman–Crippen LogP) is 1.32. The first-order valence-electron chi connectivity index (χ1n) is 8.84. The van der Waals surface area contributed by atoms with Crippen LogP contribution >= 0.6 is 0 Å². The van der Waals surface area contributed by atoms with Crippen LogP contribution in [0, 0.1) is 5.92 Å². The van der Waals surface area contributed by atoms with Crippen LogP contribution in [-0.2, 0) is 27.3 Å². The molecule has 2 aromatic rings. The highest BCUT2D eigenvalue weighted by atomic mass is 16.5. The van der Waals surface area contributed by atoms with Crippen LogP contribution in [-0.4, -0.2) is 51.0 Å². The van der Waals surface area contributed by atoms with Gasteiger partial charge in [0.25, 0.3) is 0 Å². The molecule has 1 fully saturated rings. The maximum atomic E-state index is 11.9. The predicted molar refractivity (Wildman–Crippen MR) is 95.6 cm³/mol. The molecular formula is C18H24N4O4. The summed E-state index contributed by atoms with van der Waals surface area (Å²) in [6.07, 6.45) is 3.16. The van der Waals surface area contributed by atoms with Crippen LogP contribution in [0.5, 0.6) is 0 Å². The van der Waals surface area contributed by atoms with E-state index in [0.717, 1.165) is 11.3 Å². The third-order valence-electron chi connectivity index (χ3n) is 4.75. The molecule has 8 nitrogen and oxygen atoms in total. The van der Waals surface area contributed by atoms with Crippen molar-refractivity contribution in [3.63, 3.8) is 0 Å². The number of fused-ring (bicyclic) bond motifs is 1. The quantitative estimate of drug-likeness (QED) is 0.748. The molecule has 8 heteroatoms. The molecule has 140 valence electrons. The van der Waals surface area contributed by atoms with Gasteiger partial charge < -0.3 is 20.0 Å². The van der Waals surface area contributed by atoms with E-state index in [1.54, 1.807) is 19.2 Å². The highest BCUT2D eigenvalue weighted by molar-refractivity contribution is 5.73. The van der Waals surface area contributed by atoms with Gasteiger partial charge in [-0.3, -0.25) is 14.5 Å². The van der Waals surface area contributed by atoms with Gasteiger partial charge in [-0.05, 0) is 45.0 Å². The van der Waals surface area contributed by atoms with Crippen molar-refractivity contribution in [1.29, 1.82) is 0 Å². The Morgan fingerprint density at radius 3 is 2.73 bits per heavy atom. The van der Waals surface area contributed by atoms with Crippen LogP contribution in [0.2, 0.25) is 0 Å². The number of hydrogen-bond donors (Lipinski definition) is 2. The fraction of sp³-hybridized carbons (Fsp3) is 0.500. The molecule has 2 aromatic heterocycles. The van der Waals surface area contributed by atoms with Crippen LogP contribution in [0.15, 0.2) is 18.3 Å². The third kappa shape index (κ3) is 3.96. The number of carboxylic acid groups (broad SMARTS) is 1. The molecule has 0 radical (unpaired) electrons. The first kappa shape index (κ1) is 18.2. The Hall–Kier alpha value is -2.61. The van der Waals surface area contributed by atoms with Crippen LogP contribution < -0.4 is 5.73 Å². The van der Waals surface area contributed by atoms with Crippen molar-refractivity contribution in [1.82, 2.24) is 14.3 Å². The number of nitrogens with two attached hydrogens (primary N) is 1. The monoisotopic (exact) mass is 360 g/mol. The van der Waals surface area contributed by atoms with Crippen molar-refractivity contribution in [2.45, 2.75) is 32.7 Å². The number of nitrogens with zero attached hydrogens (tertiary/aromatic N) is 3. The van der Waals surface area contributed by atoms with Gasteiger partial charge in [0.05, 0.1) is 30.3 Å². The summed E-state index contributed by atoms with van der Waals surface area (Å²) in [6, 6.07) is 3.60. The lowest BCUT2D eigenvalue weighted by atomic mass is 9.97. The number of imidazole rings is 1. The summed E-state index contributed by atoms with van der Waals surface area (Å²) in [6.45, 7) is 4.09. The maximum Gasteiger partial charge on any atom is 0.311 e. The second-order valence-electron chi connectivity index (χ2n) is 6.57. The van der Waals surface area contributed by atoms with E-state index in [1.165, 1.54) is 0 Å². The van der Waals surface area contributed by atoms with E-state index in [1.807, 2.05) is 10.5 Å². The Labute approximate surface area is 151 Å². The van der Waals surface area contributed by atoms with Gasteiger partial charge in [-0.1, -0.05) is 0 Å². The average molecular weight is 360 g/mol. The number of carboxylic acids is 1. The Morgan fingerprint density at radius 1 is 1.35 bits per heavy atom. The second kappa shape index (κ2) is 7.74. The van der Waals surface area contributed by atoms with E-state index in [4.69, 9.17) is 15.6 Å². The van der Waals surface area contributed by atoms with Crippen LogP contribution in [0.1, 0.15) is 31.2 Å². The molecule has 1 aliphatic rings. The minimum absolute atomic E-state index is 0.107. The number of ether oxygens (including phenoxy) is 1. The smallest absolute Gasteiger partial charge is 0.311 e. The Bertz CT molecular complexity index is 809. The van der Waals surface area contributed by atoms with Gasteiger partial charge in [-0.25, -0.2) is 4.98 Å². The van der Waals surface area contributed by atoms with Crippen molar-refractivity contribution < 1.29 is 19.4 Å². The zero-order valence-electron chi connectivity index (χ0n) is 14.9. The number of esters is 1. The molecule has 26 heavy (non-hydrogen) atoms. The Kier molecular flexibility index (Phi) is 5.41. The lowest BCUT2D eigenvalue weighted by Gasteiger charge is -2.30. The van der Waals surface area contributed by atoms with Crippen molar-refractivity contribution in [2.24, 2.45) is 5.92 Å². The zero-order chi connectivity index (χ0) is 18.7. The Morgan fingerprint density at radius 2 is 2.08 bits per heavy atom. The van der Waals surface area contributed by atoms with E-state index in [2.05, 4.69) is 9.88 Å². The number of pyridine rings is 1. The number of aromatic nitrogens is 2. The summed E-state index contributed by atoms with van der Waals surface area (Å²) in [4.78, 5) is 29.8. The molecule has 1 saturated heterocycles. The van der Waals surface area contributed by atoms with Gasteiger partial charge in [0.2, 0.25) is 0 Å². The van der Waals surface area contributed by atoms with Crippen LogP contribution in [0.25, 0.3) is 5.65 Å². The summed E-state index contributed by atoms with van der Waals surface area (Å²) < 4.78 is 6.97. The number of rotatable bonds is 6. The molecule has 0 bridgehead atoms. The standard InChI is InChI=1S/C18H24N4O4/c1-2-26-17(23)9-14-15(22-10-13(19)3-4-16(22)20-14)11-21-7-5-12(6-8-21)18(24)25/h3-4,10,12H,2,5-9,11,19H2,1H3,(H,24,25). The number of hydrogen-bond acceptors (Lipinski definition) is 6. The maximum absolute atomic E-state index is 11.9. The molecule has 0 atom stereocenters. The van der Waals surface area contributed by atoms with E-state index >= 15 is 0 Å². The summed E-state index contributed by atoms with van der Waals surface area (Å²) >= 11 is 0. The molecule has 0 amide bonds. The molecule has 3 heterocycles. The third-order valence-corrected chi connectivity index (χ3v) is 4.75. The number of likely N-dealkylation sites (tertiary alicyclic amines) is 1. The lowest BCUT2D eigenvalue weighted by molar-refractivity contribution is -0.144. The molecular weight excluding hydrogens is 336 g/mol. The number of aliphatic carboxylic acids is 1. The van der Waals surface area contributed by atoms with Gasteiger partial charge in [0.15, 0.2) is 0 Å². The SMILES string of the molecule is CCOC(=O)Cc1nc2ccc(N)cn2c1CN1CCC(C(=O)O)CC1. The lowest BCUT2D eigenvalue weighted by Crippen LogP contribution is -2.36. The van der Waals surface area contributed by atoms with Gasteiger partial charge in [0, 0.05) is 18.4 Å². The van der Waals surface area contributed by atoms with E-state index in [0.29, 0.717) is 50.5 Å². The summed E-state index contributed by atoms with van der Waals surface area (Å²) in [7, 11) is 0. The highest BCUT2D eigenvalue weighted by Crippen LogP contribution is 2.22. The van der Waals surface area contributed by atoms with Gasteiger partial charge in [-0.2, -0.15) is 0 Å². The largest absolute Gasteiger partial charge is 0.481 e. The fourth-order valence-electron chi connectivity index (χ4n) is 3.37. The highest BCUT2D eigenvalue weighted by Gasteiger charge is 2.26. The van der Waals surface area contributed by atoms with E-state index in [-0.39, 0.29) is 18.3 Å². The molecule has 3 rings (SSSR count). The van der Waals surface area contributed by atoms with Crippen molar-refractivity contribution in [3.05, 3.63) is 29.7 Å². The van der Waals surface area contributed by atoms with Crippen molar-refractivity contribution in [2.75, 3.05) is 25.4 Å². The fourth-order valence-corrected chi connectivity index (χ4v) is 3.37. The summed E-state index contributed by atoms with van der Waals surface area (Å²) in [5, 5.41) is 9.15. The minimum atomic E-state index is -0.727. The average Bonchev–Trinajstić information content (AvgIpc) is 2.92. The zero-order valence-corrected chi connectivity index (χ0v) is 14.9. The van der Waals surface area contributed by atoms with Crippen molar-refractivity contribution >= 4 is 23.3 Å². The van der Waals surface area contributed by atoms with Crippen LogP contribution in [0.3, 0.4) is 0 Å². The molecule has 0 saturated carbocycles. The van der Waals surface area contributed by atoms with Gasteiger partial charge in [0.1, 0.15) is 5.65 Å². The minimum Gasteiger partial charge on any atom is -0.481 e. The number of anilines is 1. The number of nitrogen functional groups attached to an aromatic ring is 1. The summed E-state index contributed by atoms with van der Waals surface area (Å²) in [5.41, 5.74) is 8.83. The van der Waals surface area contributed by atoms with Gasteiger partial charge in [-0.15, -0.1) is 0 Å².